The van der Waals surface area contributed by atoms with Gasteiger partial charge in [0.05, 0.1) is 0 Å². The van der Waals surface area contributed by atoms with Crippen LogP contribution >= 0.6 is 0 Å². The Kier molecular flexibility index (Phi) is 26.6. The number of hydrogen-bond donors (Lipinski definition) is 0. The maximum Gasteiger partial charge on any atom is 0 e. The molecule has 3 heteroatoms. The van der Waals surface area contributed by atoms with Gasteiger partial charge in [0.2, 0.25) is 0 Å². The van der Waals surface area contributed by atoms with Gasteiger partial charge in [-0.05, 0) is 13.8 Å². The van der Waals surface area contributed by atoms with Crippen LogP contribution in [0.25, 0.3) is 0 Å². The molecule has 0 radical (unpaired) electrons. The number of carbonyl (C=O) groups is 1. The number of carbonyl (C=O) groups excluding carboxylic acids is 1. The Morgan fingerprint density at radius 1 is 1.33 bits per heavy atom. The molecule has 0 bridgehead atoms. The minimum atomic E-state index is 0. The number of Topliss-reactive ketones (excluding diaryl/α,β-unsaturated/α-hetero) is 1. The predicted octanol–water partition coefficient (Wildman–Crippen LogP) is -0.323. The molecular weight excluding hydrogens is 281 g/mol. The summed E-state index contributed by atoms with van der Waals surface area (Å²) in [5.74, 6) is 0.167. The van der Waals surface area contributed by atoms with E-state index in [1.54, 1.807) is 0 Å². The summed E-state index contributed by atoms with van der Waals surface area (Å²) in [4.78, 5) is 9.44. The van der Waals surface area contributed by atoms with Crippen molar-refractivity contribution in [1.82, 2.24) is 0 Å². The van der Waals surface area contributed by atoms with E-state index in [1.165, 1.54) is 13.8 Å². The fraction of sp³-hybridized carbons (Fsp3) is 0.667. The van der Waals surface area contributed by atoms with Crippen LogP contribution in [0.2, 0.25) is 0 Å². The van der Waals surface area contributed by atoms with Gasteiger partial charge in [0.25, 0.3) is 0 Å². The zero-order valence-corrected chi connectivity index (χ0v) is 5.87. The maximum atomic E-state index is 9.44. The largest absolute Gasteiger partial charge is 0 e. The molecule has 1 nitrogen and oxygen atoms in total. The zero-order chi connectivity index (χ0) is 3.58. The van der Waals surface area contributed by atoms with Crippen LogP contribution in [0, 0.1) is 0 Å². The average molecular weight is 289 g/mol. The first-order valence-corrected chi connectivity index (χ1v) is 1.20. The fourth-order valence-electron chi connectivity index (χ4n) is 0. The summed E-state index contributed by atoms with van der Waals surface area (Å²) in [5.41, 5.74) is 0. The van der Waals surface area contributed by atoms with E-state index in [0.717, 1.165) is 0 Å². The predicted molar refractivity (Wildman–Crippen MR) is 24.9 cm³/mol. The van der Waals surface area contributed by atoms with Gasteiger partial charge in [0, 0.05) is 26.2 Å². The van der Waals surface area contributed by atoms with E-state index in [2.05, 4.69) is 0 Å². The average Bonchev–Trinajstić information content (AvgIpc) is 0.811. The van der Waals surface area contributed by atoms with Crippen LogP contribution in [0.5, 0.6) is 0 Å². The molecule has 32 valence electrons. The Morgan fingerprint density at radius 3 is 1.33 bits per heavy atom. The normalized spacial score (nSPS) is 4.33. The first-order valence-electron chi connectivity index (χ1n) is 1.20. The zero-order valence-electron chi connectivity index (χ0n) is 3.41. The molecular formula is C3H8BaOZr. The van der Waals surface area contributed by atoms with Crippen molar-refractivity contribution >= 4 is 54.7 Å². The number of hydrogen-bond acceptors (Lipinski definition) is 1. The molecule has 0 heterocycles. The van der Waals surface area contributed by atoms with Gasteiger partial charge >= 0.3 is 48.9 Å². The summed E-state index contributed by atoms with van der Waals surface area (Å²) in [6.07, 6.45) is 0. The van der Waals surface area contributed by atoms with Gasteiger partial charge in [-0.1, -0.05) is 0 Å². The Bertz CT molecular complexity index is 33.8. The Hall–Kier alpha value is 2.12. The van der Waals surface area contributed by atoms with E-state index >= 15 is 0 Å². The molecule has 0 rings (SSSR count). The van der Waals surface area contributed by atoms with Crippen LogP contribution in [-0.4, -0.2) is 54.7 Å². The quantitative estimate of drug-likeness (QED) is 0.558. The molecule has 0 unspecified atom stereocenters. The summed E-state index contributed by atoms with van der Waals surface area (Å²) in [7, 11) is 0. The summed E-state index contributed by atoms with van der Waals surface area (Å²) in [6.45, 7) is 3.06. The molecule has 0 aromatic heterocycles. The molecule has 0 aromatic carbocycles. The SMILES string of the molecule is CC(C)=O.[BaH2].[Zr]. The Morgan fingerprint density at radius 2 is 1.33 bits per heavy atom. The molecule has 0 amide bonds. The van der Waals surface area contributed by atoms with Crippen LogP contribution in [0.3, 0.4) is 0 Å². The van der Waals surface area contributed by atoms with Crippen LogP contribution in [0.15, 0.2) is 0 Å². The van der Waals surface area contributed by atoms with Crippen molar-refractivity contribution in [2.24, 2.45) is 0 Å². The monoisotopic (exact) mass is 288 g/mol. The van der Waals surface area contributed by atoms with Crippen LogP contribution in [0.1, 0.15) is 13.8 Å². The first kappa shape index (κ1) is 15.7. The number of ketones is 1. The van der Waals surface area contributed by atoms with E-state index < -0.39 is 0 Å². The summed E-state index contributed by atoms with van der Waals surface area (Å²) in [5, 5.41) is 0. The third-order valence-electron chi connectivity index (χ3n) is 0. The van der Waals surface area contributed by atoms with Crippen LogP contribution < -0.4 is 0 Å². The molecule has 6 heavy (non-hydrogen) atoms. The van der Waals surface area contributed by atoms with Crippen LogP contribution in [-0.2, 0) is 31.0 Å². The second-order valence-electron chi connectivity index (χ2n) is 0.908. The molecule has 0 aliphatic carbocycles. The van der Waals surface area contributed by atoms with Gasteiger partial charge in [0.1, 0.15) is 5.78 Å². The minimum absolute atomic E-state index is 0. The van der Waals surface area contributed by atoms with Crippen molar-refractivity contribution in [1.29, 1.82) is 0 Å². The van der Waals surface area contributed by atoms with Gasteiger partial charge < -0.3 is 4.79 Å². The Balaban J connectivity index is -0.0000000450. The summed E-state index contributed by atoms with van der Waals surface area (Å²) in [6, 6.07) is 0. The molecule has 0 fully saturated rings. The topological polar surface area (TPSA) is 17.1 Å². The van der Waals surface area contributed by atoms with Gasteiger partial charge in [-0.25, -0.2) is 0 Å². The van der Waals surface area contributed by atoms with Crippen molar-refractivity contribution in [2.45, 2.75) is 13.8 Å². The van der Waals surface area contributed by atoms with Gasteiger partial charge in [0.15, 0.2) is 0 Å². The van der Waals surface area contributed by atoms with Crippen molar-refractivity contribution in [3.05, 3.63) is 0 Å². The summed E-state index contributed by atoms with van der Waals surface area (Å²) < 4.78 is 0. The Labute approximate surface area is 97.5 Å². The third kappa shape index (κ3) is 35.6. The molecule has 0 saturated carbocycles. The van der Waals surface area contributed by atoms with Gasteiger partial charge in [-0.2, -0.15) is 0 Å². The van der Waals surface area contributed by atoms with E-state index in [4.69, 9.17) is 0 Å². The maximum absolute atomic E-state index is 9.44. The first-order chi connectivity index (χ1) is 1.73. The van der Waals surface area contributed by atoms with Crippen molar-refractivity contribution in [2.75, 3.05) is 0 Å². The smallest absolute Gasteiger partial charge is 0 e. The molecule has 0 aliphatic rings. The van der Waals surface area contributed by atoms with E-state index in [-0.39, 0.29) is 80.9 Å². The molecule has 0 saturated heterocycles. The molecule has 0 atom stereocenters. The molecule has 0 aliphatic heterocycles. The molecule has 0 N–H and O–H groups in total. The van der Waals surface area contributed by atoms with E-state index in [9.17, 15) is 4.79 Å². The molecule has 0 aromatic rings. The van der Waals surface area contributed by atoms with Crippen molar-refractivity contribution < 1.29 is 31.0 Å². The second kappa shape index (κ2) is 10.2. The molecule has 0 spiro atoms. The second-order valence-corrected chi connectivity index (χ2v) is 0.908. The fourth-order valence-corrected chi connectivity index (χ4v) is 0. The van der Waals surface area contributed by atoms with Crippen LogP contribution in [0.4, 0.5) is 0 Å². The number of rotatable bonds is 0. The van der Waals surface area contributed by atoms with Crippen molar-refractivity contribution in [3.8, 4) is 0 Å². The minimum Gasteiger partial charge on any atom is 0 e. The summed E-state index contributed by atoms with van der Waals surface area (Å²) >= 11 is 0. The standard InChI is InChI=1S/C3H6O.Ba.Zr.2H/c1-3(2)4;;;;/h1-2H3;;;;. The van der Waals surface area contributed by atoms with E-state index in [1.807, 2.05) is 0 Å². The van der Waals surface area contributed by atoms with E-state index in [0.29, 0.717) is 0 Å². The van der Waals surface area contributed by atoms with Gasteiger partial charge in [-0.15, -0.1) is 0 Å². The van der Waals surface area contributed by atoms with Gasteiger partial charge in [-0.3, -0.25) is 0 Å². The third-order valence-corrected chi connectivity index (χ3v) is 0. The van der Waals surface area contributed by atoms with Crippen molar-refractivity contribution in [3.63, 3.8) is 0 Å².